The number of nitrogens with one attached hydrogen (secondary N) is 1. The van der Waals surface area contributed by atoms with Crippen molar-refractivity contribution in [3.05, 3.63) is 41.3 Å². The summed E-state index contributed by atoms with van der Waals surface area (Å²) in [4.78, 5) is 26.4. The normalized spacial score (nSPS) is 41.0. The first kappa shape index (κ1) is 19.4. The topological polar surface area (TPSA) is 46.2 Å². The van der Waals surface area contributed by atoms with E-state index in [-0.39, 0.29) is 22.7 Å². The van der Waals surface area contributed by atoms with Gasteiger partial charge in [0.1, 0.15) is 0 Å². The van der Waals surface area contributed by atoms with E-state index < -0.39 is 0 Å². The number of hydrogen-bond acceptors (Lipinski definition) is 3. The van der Waals surface area contributed by atoms with Crippen molar-refractivity contribution in [3.8, 4) is 0 Å². The second-order valence-electron chi connectivity index (χ2n) is 10.3. The second kappa shape index (κ2) is 7.01. The minimum Gasteiger partial charge on any atom is -0.326 e. The predicted molar refractivity (Wildman–Crippen MR) is 118 cm³/mol. The summed E-state index contributed by atoms with van der Waals surface area (Å²) in [6, 6.07) is 9.84. The van der Waals surface area contributed by atoms with Crippen molar-refractivity contribution in [3.63, 3.8) is 0 Å². The maximum atomic E-state index is 13.0. The van der Waals surface area contributed by atoms with Gasteiger partial charge in [-0.3, -0.25) is 9.59 Å². The summed E-state index contributed by atoms with van der Waals surface area (Å²) < 4.78 is 0. The number of carbonyl (C=O) groups excluding carboxylic acids is 2. The maximum absolute atomic E-state index is 13.0. The van der Waals surface area contributed by atoms with Crippen LogP contribution in [-0.4, -0.2) is 11.0 Å². The molecule has 1 amide bonds. The maximum Gasteiger partial charge on any atom is 0.227 e. The standard InChI is InChI=1S/C25H31NO2S/c1-24-12-10-19-18(8-9-21-25(19,2)13-11-22(27)29-21)20(24)14-16(15-24)23(28)26-17-6-4-3-5-7-17/h3-7,9,16,18-20H,8,10-15H2,1-2H3,(H,26,28)/t16?,18-,19-,20+,24-,25-/m1/s1. The van der Waals surface area contributed by atoms with Crippen molar-refractivity contribution in [1.29, 1.82) is 0 Å². The highest BCUT2D eigenvalue weighted by molar-refractivity contribution is 8.17. The Bertz CT molecular complexity index is 865. The SMILES string of the molecule is C[C@]12CC[C@@H]3[C@@H](CC=C4SC(=O)CC[C@@]43C)[C@@H]1CC(C(=O)Nc1ccccc1)C2. The lowest BCUT2D eigenvalue weighted by Crippen LogP contribution is -2.48. The van der Waals surface area contributed by atoms with Crippen LogP contribution >= 0.6 is 11.8 Å². The Morgan fingerprint density at radius 3 is 2.72 bits per heavy atom. The van der Waals surface area contributed by atoms with E-state index in [0.29, 0.717) is 29.3 Å². The fourth-order valence-electron chi connectivity index (χ4n) is 7.09. The molecule has 0 bridgehead atoms. The molecule has 1 N–H and O–H groups in total. The molecule has 1 unspecified atom stereocenters. The molecule has 1 heterocycles. The van der Waals surface area contributed by atoms with Gasteiger partial charge in [-0.15, -0.1) is 0 Å². The highest BCUT2D eigenvalue weighted by atomic mass is 32.2. The lowest BCUT2D eigenvalue weighted by molar-refractivity contribution is -0.120. The number of benzene rings is 1. The van der Waals surface area contributed by atoms with Gasteiger partial charge in [0, 0.05) is 23.4 Å². The van der Waals surface area contributed by atoms with Gasteiger partial charge in [-0.1, -0.05) is 49.9 Å². The van der Waals surface area contributed by atoms with Crippen molar-refractivity contribution in [1.82, 2.24) is 0 Å². The van der Waals surface area contributed by atoms with Gasteiger partial charge in [0.15, 0.2) is 5.12 Å². The van der Waals surface area contributed by atoms with Crippen LogP contribution in [-0.2, 0) is 9.59 Å². The molecule has 1 saturated heterocycles. The molecule has 29 heavy (non-hydrogen) atoms. The van der Waals surface area contributed by atoms with Crippen LogP contribution in [0.1, 0.15) is 58.8 Å². The molecule has 4 heteroatoms. The van der Waals surface area contributed by atoms with Crippen LogP contribution in [0.15, 0.2) is 41.3 Å². The Morgan fingerprint density at radius 1 is 1.14 bits per heavy atom. The van der Waals surface area contributed by atoms with Crippen LogP contribution in [0.4, 0.5) is 5.69 Å². The highest BCUT2D eigenvalue weighted by Crippen LogP contribution is 2.66. The summed E-state index contributed by atoms with van der Waals surface area (Å²) in [5, 5.41) is 3.49. The summed E-state index contributed by atoms with van der Waals surface area (Å²) in [5.41, 5.74) is 1.35. The molecule has 1 aromatic rings. The van der Waals surface area contributed by atoms with E-state index in [1.165, 1.54) is 29.5 Å². The van der Waals surface area contributed by atoms with Gasteiger partial charge in [-0.05, 0) is 78.7 Å². The van der Waals surface area contributed by atoms with Gasteiger partial charge >= 0.3 is 0 Å². The third-order valence-corrected chi connectivity index (χ3v) is 9.93. The largest absolute Gasteiger partial charge is 0.326 e. The van der Waals surface area contributed by atoms with E-state index in [4.69, 9.17) is 0 Å². The number of carbonyl (C=O) groups is 2. The Morgan fingerprint density at radius 2 is 1.93 bits per heavy atom. The van der Waals surface area contributed by atoms with E-state index in [0.717, 1.165) is 31.4 Å². The number of anilines is 1. The molecule has 0 aromatic heterocycles. The lowest BCUT2D eigenvalue weighted by atomic mass is 9.51. The molecule has 1 aromatic carbocycles. The highest BCUT2D eigenvalue weighted by Gasteiger charge is 2.58. The Kier molecular flexibility index (Phi) is 4.69. The van der Waals surface area contributed by atoms with E-state index in [1.807, 2.05) is 30.3 Å². The number of thioether (sulfide) groups is 1. The van der Waals surface area contributed by atoms with E-state index in [1.54, 1.807) is 0 Å². The fraction of sp³-hybridized carbons (Fsp3) is 0.600. The number of allylic oxidation sites excluding steroid dienone is 2. The van der Waals surface area contributed by atoms with Crippen LogP contribution in [0, 0.1) is 34.5 Å². The van der Waals surface area contributed by atoms with Crippen molar-refractivity contribution in [2.45, 2.75) is 58.8 Å². The van der Waals surface area contributed by atoms with Crippen LogP contribution in [0.25, 0.3) is 0 Å². The Balaban J connectivity index is 1.36. The van der Waals surface area contributed by atoms with Crippen molar-refractivity contribution in [2.24, 2.45) is 34.5 Å². The van der Waals surface area contributed by atoms with Crippen molar-refractivity contribution in [2.75, 3.05) is 5.32 Å². The molecular weight excluding hydrogens is 378 g/mol. The first-order valence-corrected chi connectivity index (χ1v) is 12.0. The van der Waals surface area contributed by atoms with E-state index >= 15 is 0 Å². The summed E-state index contributed by atoms with van der Waals surface area (Å²) in [6.07, 6.45) is 9.68. The number of para-hydroxylation sites is 1. The van der Waals surface area contributed by atoms with Gasteiger partial charge in [-0.2, -0.15) is 0 Å². The summed E-state index contributed by atoms with van der Waals surface area (Å²) in [5.74, 6) is 2.25. The molecule has 2 saturated carbocycles. The second-order valence-corrected chi connectivity index (χ2v) is 11.4. The third kappa shape index (κ3) is 3.19. The monoisotopic (exact) mass is 409 g/mol. The number of rotatable bonds is 2. The zero-order chi connectivity index (χ0) is 20.2. The number of amides is 1. The van der Waals surface area contributed by atoms with Crippen LogP contribution in [0.5, 0.6) is 0 Å². The fourth-order valence-corrected chi connectivity index (χ4v) is 8.21. The molecule has 3 nitrogen and oxygen atoms in total. The van der Waals surface area contributed by atoms with Gasteiger partial charge in [-0.25, -0.2) is 0 Å². The smallest absolute Gasteiger partial charge is 0.227 e. The van der Waals surface area contributed by atoms with Gasteiger partial charge in [0.05, 0.1) is 0 Å². The zero-order valence-corrected chi connectivity index (χ0v) is 18.3. The number of fused-ring (bicyclic) bond motifs is 5. The molecule has 6 atom stereocenters. The Labute approximate surface area is 178 Å². The first-order chi connectivity index (χ1) is 13.9. The molecule has 5 rings (SSSR count). The van der Waals surface area contributed by atoms with Gasteiger partial charge < -0.3 is 5.32 Å². The van der Waals surface area contributed by atoms with Crippen LogP contribution in [0.3, 0.4) is 0 Å². The summed E-state index contributed by atoms with van der Waals surface area (Å²) in [7, 11) is 0. The third-order valence-electron chi connectivity index (χ3n) is 8.65. The molecule has 4 aliphatic rings. The van der Waals surface area contributed by atoms with Gasteiger partial charge in [0.25, 0.3) is 0 Å². The molecule has 0 spiro atoms. The molecule has 0 radical (unpaired) electrons. The quantitative estimate of drug-likeness (QED) is 0.648. The average Bonchev–Trinajstić information content (AvgIpc) is 3.07. The van der Waals surface area contributed by atoms with E-state index in [9.17, 15) is 9.59 Å². The van der Waals surface area contributed by atoms with Gasteiger partial charge in [0.2, 0.25) is 5.91 Å². The summed E-state index contributed by atoms with van der Waals surface area (Å²) in [6.45, 7) is 4.84. The first-order valence-electron chi connectivity index (χ1n) is 11.2. The van der Waals surface area contributed by atoms with E-state index in [2.05, 4.69) is 25.2 Å². The molecule has 1 aliphatic heterocycles. The van der Waals surface area contributed by atoms with Crippen LogP contribution < -0.4 is 5.32 Å². The zero-order valence-electron chi connectivity index (χ0n) is 17.4. The molecular formula is C25H31NO2S. The summed E-state index contributed by atoms with van der Waals surface area (Å²) >= 11 is 1.51. The molecule has 154 valence electrons. The van der Waals surface area contributed by atoms with Crippen molar-refractivity contribution < 1.29 is 9.59 Å². The number of hydrogen-bond donors (Lipinski definition) is 1. The Hall–Kier alpha value is -1.55. The lowest BCUT2D eigenvalue weighted by Gasteiger charge is -2.56. The minimum absolute atomic E-state index is 0.115. The average molecular weight is 410 g/mol. The molecule has 3 aliphatic carbocycles. The molecule has 3 fully saturated rings. The predicted octanol–water partition coefficient (Wildman–Crippen LogP) is 6.03. The minimum atomic E-state index is 0.115. The van der Waals surface area contributed by atoms with Crippen LogP contribution in [0.2, 0.25) is 0 Å². The van der Waals surface area contributed by atoms with Crippen molar-refractivity contribution >= 4 is 28.5 Å².